The van der Waals surface area contributed by atoms with Gasteiger partial charge in [-0.15, -0.1) is 0 Å². The quantitative estimate of drug-likeness (QED) is 0.890. The number of likely N-dealkylation sites (tertiary alicyclic amines) is 1. The van der Waals surface area contributed by atoms with E-state index in [-0.39, 0.29) is 0 Å². The second-order valence-electron chi connectivity index (χ2n) is 6.27. The van der Waals surface area contributed by atoms with Gasteiger partial charge in [0.25, 0.3) is 0 Å². The number of rotatable bonds is 4. The average molecular weight is 261 g/mol. The van der Waals surface area contributed by atoms with Crippen LogP contribution >= 0.6 is 0 Å². The molecule has 1 N–H and O–H groups in total. The van der Waals surface area contributed by atoms with Gasteiger partial charge in [-0.1, -0.05) is 19.1 Å². The first kappa shape index (κ1) is 14.4. The molecule has 106 valence electrons. The van der Waals surface area contributed by atoms with Gasteiger partial charge in [0.1, 0.15) is 5.75 Å². The van der Waals surface area contributed by atoms with Crippen LogP contribution < -0.4 is 0 Å². The minimum absolute atomic E-state index is 0.357. The molecule has 1 aliphatic heterocycles. The highest BCUT2D eigenvalue weighted by atomic mass is 16.3. The normalized spacial score (nSPS) is 26.3. The third-order valence-corrected chi connectivity index (χ3v) is 4.54. The van der Waals surface area contributed by atoms with Crippen molar-refractivity contribution in [1.82, 2.24) is 4.90 Å². The van der Waals surface area contributed by atoms with Crippen molar-refractivity contribution in [1.29, 1.82) is 0 Å². The Morgan fingerprint density at radius 2 is 1.95 bits per heavy atom. The molecule has 19 heavy (non-hydrogen) atoms. The highest BCUT2D eigenvalue weighted by molar-refractivity contribution is 5.25. The summed E-state index contributed by atoms with van der Waals surface area (Å²) in [6, 6.07) is 9.00. The summed E-state index contributed by atoms with van der Waals surface area (Å²) in [5.41, 5.74) is 1.32. The molecule has 1 saturated heterocycles. The zero-order chi connectivity index (χ0) is 13.8. The molecule has 1 fully saturated rings. The lowest BCUT2D eigenvalue weighted by Crippen LogP contribution is -2.45. The zero-order valence-corrected chi connectivity index (χ0v) is 12.5. The highest BCUT2D eigenvalue weighted by Crippen LogP contribution is 2.25. The Morgan fingerprint density at radius 3 is 2.58 bits per heavy atom. The first-order chi connectivity index (χ1) is 9.06. The van der Waals surface area contributed by atoms with Gasteiger partial charge in [-0.2, -0.15) is 0 Å². The van der Waals surface area contributed by atoms with Crippen molar-refractivity contribution < 1.29 is 5.11 Å². The van der Waals surface area contributed by atoms with Gasteiger partial charge in [0.05, 0.1) is 0 Å². The number of aryl methyl sites for hydroxylation is 1. The molecular weight excluding hydrogens is 234 g/mol. The Bertz CT molecular complexity index is 387. The van der Waals surface area contributed by atoms with Gasteiger partial charge in [-0.3, -0.25) is 4.90 Å². The van der Waals surface area contributed by atoms with E-state index in [2.05, 4.69) is 25.7 Å². The van der Waals surface area contributed by atoms with E-state index in [4.69, 9.17) is 0 Å². The predicted octanol–water partition coefficient (Wildman–Crippen LogP) is 3.83. The standard InChI is InChI=1S/C17H27NO/c1-13-10-11-18(15(3)12-13)14(2)4-5-16-6-8-17(19)9-7-16/h6-9,13-15,19H,4-5,10-12H2,1-3H3. The molecule has 0 bridgehead atoms. The fourth-order valence-corrected chi connectivity index (χ4v) is 3.28. The van der Waals surface area contributed by atoms with E-state index in [0.29, 0.717) is 11.8 Å². The summed E-state index contributed by atoms with van der Waals surface area (Å²) in [6.45, 7) is 8.34. The smallest absolute Gasteiger partial charge is 0.115 e. The van der Waals surface area contributed by atoms with E-state index in [1.54, 1.807) is 12.1 Å². The minimum atomic E-state index is 0.357. The Kier molecular flexibility index (Phi) is 4.87. The van der Waals surface area contributed by atoms with Crippen LogP contribution in [-0.4, -0.2) is 28.6 Å². The van der Waals surface area contributed by atoms with Gasteiger partial charge in [0.2, 0.25) is 0 Å². The van der Waals surface area contributed by atoms with Crippen LogP contribution in [-0.2, 0) is 6.42 Å². The van der Waals surface area contributed by atoms with Crippen LogP contribution in [0, 0.1) is 5.92 Å². The van der Waals surface area contributed by atoms with Crippen molar-refractivity contribution in [2.24, 2.45) is 5.92 Å². The molecule has 1 aliphatic rings. The largest absolute Gasteiger partial charge is 0.508 e. The van der Waals surface area contributed by atoms with Crippen LogP contribution in [0.4, 0.5) is 0 Å². The van der Waals surface area contributed by atoms with Crippen LogP contribution in [0.25, 0.3) is 0 Å². The molecule has 2 heteroatoms. The number of phenolic OH excluding ortho intramolecular Hbond substituents is 1. The van der Waals surface area contributed by atoms with Crippen molar-refractivity contribution >= 4 is 0 Å². The van der Waals surface area contributed by atoms with Crippen molar-refractivity contribution in [3.63, 3.8) is 0 Å². The summed E-state index contributed by atoms with van der Waals surface area (Å²) in [4.78, 5) is 2.67. The second-order valence-corrected chi connectivity index (χ2v) is 6.27. The van der Waals surface area contributed by atoms with Gasteiger partial charge in [0.15, 0.2) is 0 Å². The number of aromatic hydroxyl groups is 1. The van der Waals surface area contributed by atoms with Gasteiger partial charge < -0.3 is 5.11 Å². The summed E-state index contributed by atoms with van der Waals surface area (Å²) >= 11 is 0. The molecule has 0 spiro atoms. The van der Waals surface area contributed by atoms with Crippen molar-refractivity contribution in [2.75, 3.05) is 6.54 Å². The van der Waals surface area contributed by atoms with Crippen molar-refractivity contribution in [2.45, 2.75) is 58.5 Å². The fourth-order valence-electron chi connectivity index (χ4n) is 3.28. The van der Waals surface area contributed by atoms with Crippen molar-refractivity contribution in [3.8, 4) is 5.75 Å². The van der Waals surface area contributed by atoms with E-state index >= 15 is 0 Å². The Hall–Kier alpha value is -1.02. The first-order valence-corrected chi connectivity index (χ1v) is 7.60. The second kappa shape index (κ2) is 6.42. The number of hydrogen-bond donors (Lipinski definition) is 1. The molecule has 3 atom stereocenters. The SMILES string of the molecule is CC1CCN(C(C)CCc2ccc(O)cc2)C(C)C1. The predicted molar refractivity (Wildman–Crippen MR) is 80.5 cm³/mol. The van der Waals surface area contributed by atoms with Gasteiger partial charge >= 0.3 is 0 Å². The molecule has 1 aromatic carbocycles. The molecule has 0 radical (unpaired) electrons. The Morgan fingerprint density at radius 1 is 1.26 bits per heavy atom. The zero-order valence-electron chi connectivity index (χ0n) is 12.5. The van der Waals surface area contributed by atoms with Crippen LogP contribution in [0.5, 0.6) is 5.75 Å². The fraction of sp³-hybridized carbons (Fsp3) is 0.647. The lowest BCUT2D eigenvalue weighted by atomic mass is 9.91. The van der Waals surface area contributed by atoms with E-state index in [0.717, 1.165) is 18.4 Å². The molecule has 2 rings (SSSR count). The molecule has 2 nitrogen and oxygen atoms in total. The molecule has 3 unspecified atom stereocenters. The van der Waals surface area contributed by atoms with Crippen molar-refractivity contribution in [3.05, 3.63) is 29.8 Å². The molecular formula is C17H27NO. The number of nitrogens with zero attached hydrogens (tertiary/aromatic N) is 1. The highest BCUT2D eigenvalue weighted by Gasteiger charge is 2.26. The number of hydrogen-bond acceptors (Lipinski definition) is 2. The Balaban J connectivity index is 1.83. The van der Waals surface area contributed by atoms with Gasteiger partial charge in [0, 0.05) is 12.1 Å². The first-order valence-electron chi connectivity index (χ1n) is 7.60. The molecule has 0 aliphatic carbocycles. The van der Waals surface area contributed by atoms with Crippen LogP contribution in [0.15, 0.2) is 24.3 Å². The Labute approximate surface area is 117 Å². The minimum Gasteiger partial charge on any atom is -0.508 e. The van der Waals surface area contributed by atoms with E-state index in [1.807, 2.05) is 12.1 Å². The topological polar surface area (TPSA) is 23.5 Å². The maximum Gasteiger partial charge on any atom is 0.115 e. The summed E-state index contributed by atoms with van der Waals surface area (Å²) < 4.78 is 0. The number of piperidine rings is 1. The van der Waals surface area contributed by atoms with E-state index in [9.17, 15) is 5.11 Å². The van der Waals surface area contributed by atoms with Gasteiger partial charge in [-0.05, 0) is 69.7 Å². The molecule has 1 heterocycles. The van der Waals surface area contributed by atoms with E-state index in [1.165, 1.54) is 31.4 Å². The van der Waals surface area contributed by atoms with Crippen LogP contribution in [0.2, 0.25) is 0 Å². The maximum absolute atomic E-state index is 9.29. The lowest BCUT2D eigenvalue weighted by molar-refractivity contribution is 0.0856. The van der Waals surface area contributed by atoms with Crippen LogP contribution in [0.1, 0.15) is 45.6 Å². The summed E-state index contributed by atoms with van der Waals surface area (Å²) in [6.07, 6.45) is 4.97. The number of benzene rings is 1. The third-order valence-electron chi connectivity index (χ3n) is 4.54. The summed E-state index contributed by atoms with van der Waals surface area (Å²) in [7, 11) is 0. The summed E-state index contributed by atoms with van der Waals surface area (Å²) in [5.74, 6) is 1.24. The van der Waals surface area contributed by atoms with Gasteiger partial charge in [-0.25, -0.2) is 0 Å². The summed E-state index contributed by atoms with van der Waals surface area (Å²) in [5, 5.41) is 9.29. The lowest BCUT2D eigenvalue weighted by Gasteiger charge is -2.40. The molecule has 0 amide bonds. The molecule has 0 saturated carbocycles. The molecule has 0 aromatic heterocycles. The van der Waals surface area contributed by atoms with E-state index < -0.39 is 0 Å². The maximum atomic E-state index is 9.29. The van der Waals surface area contributed by atoms with Crippen LogP contribution in [0.3, 0.4) is 0 Å². The number of phenols is 1. The average Bonchev–Trinajstić information content (AvgIpc) is 2.37. The third kappa shape index (κ3) is 3.97. The molecule has 1 aromatic rings. The monoisotopic (exact) mass is 261 g/mol.